The Hall–Kier alpha value is -1.66. The Morgan fingerprint density at radius 2 is 2.24 bits per heavy atom. The van der Waals surface area contributed by atoms with Crippen LogP contribution in [0.25, 0.3) is 0 Å². The first-order valence-electron chi connectivity index (χ1n) is 7.23. The molecular formula is C15H19FN2O3. The van der Waals surface area contributed by atoms with Crippen LogP contribution in [0.5, 0.6) is 5.75 Å². The minimum absolute atomic E-state index is 0.0408. The zero-order valence-corrected chi connectivity index (χ0v) is 11.8. The summed E-state index contributed by atoms with van der Waals surface area (Å²) in [5, 5.41) is 2.95. The van der Waals surface area contributed by atoms with E-state index < -0.39 is 0 Å². The van der Waals surface area contributed by atoms with Crippen molar-refractivity contribution in [1.82, 2.24) is 10.2 Å². The maximum atomic E-state index is 13.4. The van der Waals surface area contributed by atoms with Gasteiger partial charge in [0.1, 0.15) is 6.61 Å². The Morgan fingerprint density at radius 3 is 3.10 bits per heavy atom. The van der Waals surface area contributed by atoms with E-state index in [1.807, 2.05) is 0 Å². The molecule has 1 aromatic rings. The maximum Gasteiger partial charge on any atom is 0.246 e. The van der Waals surface area contributed by atoms with E-state index in [4.69, 9.17) is 9.47 Å². The Labute approximate surface area is 123 Å². The van der Waals surface area contributed by atoms with Crippen LogP contribution in [0.15, 0.2) is 24.3 Å². The standard InChI is InChI=1S/C15H19FN2O3/c16-11-4-1-2-5-13(11)20-7-3-6-18-8-12-14(9-18)21-10-15(19)17-12/h1-2,4-5,12,14H,3,6-10H2,(H,17,19)/t12-,14-/m0/s1. The number of carbonyl (C=O) groups excluding carboxylic acids is 1. The number of nitrogens with zero attached hydrogens (tertiary/aromatic N) is 1. The van der Waals surface area contributed by atoms with Crippen LogP contribution in [0, 0.1) is 5.82 Å². The van der Waals surface area contributed by atoms with Gasteiger partial charge >= 0.3 is 0 Å². The average molecular weight is 294 g/mol. The van der Waals surface area contributed by atoms with Gasteiger partial charge in [-0.1, -0.05) is 12.1 Å². The van der Waals surface area contributed by atoms with Crippen molar-refractivity contribution >= 4 is 5.91 Å². The van der Waals surface area contributed by atoms with Gasteiger partial charge in [0.15, 0.2) is 11.6 Å². The molecule has 0 bridgehead atoms. The second-order valence-corrected chi connectivity index (χ2v) is 5.42. The molecule has 2 saturated heterocycles. The molecular weight excluding hydrogens is 275 g/mol. The summed E-state index contributed by atoms with van der Waals surface area (Å²) in [6.45, 7) is 3.10. The fourth-order valence-electron chi connectivity index (χ4n) is 2.81. The molecule has 2 atom stereocenters. The Kier molecular flexibility index (Phi) is 4.36. The van der Waals surface area contributed by atoms with Crippen molar-refractivity contribution < 1.29 is 18.7 Å². The molecule has 1 N–H and O–H groups in total. The van der Waals surface area contributed by atoms with Crippen LogP contribution in [-0.4, -0.2) is 55.8 Å². The number of amides is 1. The zero-order valence-electron chi connectivity index (χ0n) is 11.8. The van der Waals surface area contributed by atoms with Gasteiger partial charge in [-0.15, -0.1) is 0 Å². The molecule has 0 spiro atoms. The Morgan fingerprint density at radius 1 is 1.38 bits per heavy atom. The van der Waals surface area contributed by atoms with Gasteiger partial charge in [-0.25, -0.2) is 4.39 Å². The van der Waals surface area contributed by atoms with Crippen LogP contribution in [-0.2, 0) is 9.53 Å². The average Bonchev–Trinajstić information content (AvgIpc) is 2.87. The van der Waals surface area contributed by atoms with Gasteiger partial charge in [-0.3, -0.25) is 9.69 Å². The molecule has 0 unspecified atom stereocenters. The first kappa shape index (κ1) is 14.3. The number of hydrogen-bond acceptors (Lipinski definition) is 4. The Bertz CT molecular complexity index is 511. The van der Waals surface area contributed by atoms with Crippen LogP contribution in [0.2, 0.25) is 0 Å². The summed E-state index contributed by atoms with van der Waals surface area (Å²) >= 11 is 0. The summed E-state index contributed by atoms with van der Waals surface area (Å²) in [6, 6.07) is 6.51. The minimum Gasteiger partial charge on any atom is -0.490 e. The zero-order chi connectivity index (χ0) is 14.7. The highest BCUT2D eigenvalue weighted by Crippen LogP contribution is 2.18. The van der Waals surface area contributed by atoms with Gasteiger partial charge in [0.25, 0.3) is 0 Å². The summed E-state index contributed by atoms with van der Waals surface area (Å²) in [5.74, 6) is -0.0787. The SMILES string of the molecule is O=C1CO[C@H]2CN(CCCOc3ccccc3F)C[C@@H]2N1. The number of likely N-dealkylation sites (tertiary alicyclic amines) is 1. The molecule has 21 heavy (non-hydrogen) atoms. The lowest BCUT2D eigenvalue weighted by Crippen LogP contribution is -2.50. The number of ether oxygens (including phenoxy) is 2. The van der Waals surface area contributed by atoms with Gasteiger partial charge in [-0.2, -0.15) is 0 Å². The molecule has 5 nitrogen and oxygen atoms in total. The smallest absolute Gasteiger partial charge is 0.246 e. The highest BCUT2D eigenvalue weighted by atomic mass is 19.1. The number of carbonyl (C=O) groups is 1. The van der Waals surface area contributed by atoms with Gasteiger partial charge in [0, 0.05) is 19.6 Å². The topological polar surface area (TPSA) is 50.8 Å². The fourth-order valence-corrected chi connectivity index (χ4v) is 2.81. The number of benzene rings is 1. The second-order valence-electron chi connectivity index (χ2n) is 5.42. The van der Waals surface area contributed by atoms with Crippen molar-refractivity contribution in [3.63, 3.8) is 0 Å². The molecule has 0 radical (unpaired) electrons. The van der Waals surface area contributed by atoms with E-state index in [0.717, 1.165) is 26.1 Å². The van der Waals surface area contributed by atoms with Crippen molar-refractivity contribution in [3.05, 3.63) is 30.1 Å². The maximum absolute atomic E-state index is 13.4. The van der Waals surface area contributed by atoms with Crippen LogP contribution in [0.1, 0.15) is 6.42 Å². The summed E-state index contributed by atoms with van der Waals surface area (Å²) in [7, 11) is 0. The number of rotatable bonds is 5. The van der Waals surface area contributed by atoms with Crippen molar-refractivity contribution in [2.45, 2.75) is 18.6 Å². The normalized spacial score (nSPS) is 25.5. The molecule has 0 aromatic heterocycles. The van der Waals surface area contributed by atoms with Gasteiger partial charge in [-0.05, 0) is 18.6 Å². The summed E-state index contributed by atoms with van der Waals surface area (Å²) in [4.78, 5) is 13.5. The summed E-state index contributed by atoms with van der Waals surface area (Å²) < 4.78 is 24.3. The van der Waals surface area contributed by atoms with Crippen molar-refractivity contribution in [2.24, 2.45) is 0 Å². The highest BCUT2D eigenvalue weighted by molar-refractivity contribution is 5.78. The molecule has 2 fully saturated rings. The predicted octanol–water partition coefficient (Wildman–Crippen LogP) is 0.794. The molecule has 2 aliphatic heterocycles. The monoisotopic (exact) mass is 294 g/mol. The lowest BCUT2D eigenvalue weighted by atomic mass is 10.2. The lowest BCUT2D eigenvalue weighted by molar-refractivity contribution is -0.134. The number of halogens is 1. The highest BCUT2D eigenvalue weighted by Gasteiger charge is 2.37. The predicted molar refractivity (Wildman–Crippen MR) is 74.6 cm³/mol. The molecule has 6 heteroatoms. The van der Waals surface area contributed by atoms with Crippen LogP contribution in [0.3, 0.4) is 0 Å². The molecule has 1 amide bonds. The number of morpholine rings is 1. The molecule has 1 aromatic carbocycles. The molecule has 3 rings (SSSR count). The minimum atomic E-state index is -0.333. The molecule has 2 heterocycles. The van der Waals surface area contributed by atoms with Crippen LogP contribution in [0.4, 0.5) is 4.39 Å². The third kappa shape index (κ3) is 3.51. The van der Waals surface area contributed by atoms with Crippen molar-refractivity contribution in [1.29, 1.82) is 0 Å². The van der Waals surface area contributed by atoms with E-state index in [1.165, 1.54) is 6.07 Å². The third-order valence-corrected chi connectivity index (χ3v) is 3.83. The molecule has 2 aliphatic rings. The van der Waals surface area contributed by atoms with E-state index in [2.05, 4.69) is 10.2 Å². The van der Waals surface area contributed by atoms with Crippen LogP contribution < -0.4 is 10.1 Å². The van der Waals surface area contributed by atoms with E-state index >= 15 is 0 Å². The number of para-hydroxylation sites is 1. The van der Waals surface area contributed by atoms with E-state index in [-0.39, 0.29) is 30.5 Å². The fraction of sp³-hybridized carbons (Fsp3) is 0.533. The van der Waals surface area contributed by atoms with Crippen LogP contribution >= 0.6 is 0 Å². The van der Waals surface area contributed by atoms with E-state index in [0.29, 0.717) is 12.4 Å². The number of hydrogen-bond donors (Lipinski definition) is 1. The largest absolute Gasteiger partial charge is 0.490 e. The lowest BCUT2D eigenvalue weighted by Gasteiger charge is -2.25. The summed E-state index contributed by atoms with van der Waals surface area (Å²) in [6.07, 6.45) is 0.900. The van der Waals surface area contributed by atoms with Gasteiger partial charge in [0.05, 0.1) is 18.8 Å². The first-order chi connectivity index (χ1) is 10.2. The van der Waals surface area contributed by atoms with Gasteiger partial charge < -0.3 is 14.8 Å². The first-order valence-corrected chi connectivity index (χ1v) is 7.23. The molecule has 114 valence electrons. The Balaban J connectivity index is 1.39. The third-order valence-electron chi connectivity index (χ3n) is 3.83. The summed E-state index contributed by atoms with van der Waals surface area (Å²) in [5.41, 5.74) is 0. The van der Waals surface area contributed by atoms with Crippen molar-refractivity contribution in [3.8, 4) is 5.75 Å². The van der Waals surface area contributed by atoms with E-state index in [1.54, 1.807) is 18.2 Å². The molecule has 0 saturated carbocycles. The second kappa shape index (κ2) is 6.41. The van der Waals surface area contributed by atoms with Crippen molar-refractivity contribution in [2.75, 3.05) is 32.8 Å². The molecule has 0 aliphatic carbocycles. The quantitative estimate of drug-likeness (QED) is 0.816. The number of fused-ring (bicyclic) bond motifs is 1. The van der Waals surface area contributed by atoms with E-state index in [9.17, 15) is 9.18 Å². The van der Waals surface area contributed by atoms with Gasteiger partial charge in [0.2, 0.25) is 5.91 Å². The number of nitrogens with one attached hydrogen (secondary N) is 1.